The third kappa shape index (κ3) is 2.35. The number of pyridine rings is 1. The second-order valence-corrected chi connectivity index (χ2v) is 5.88. The summed E-state index contributed by atoms with van der Waals surface area (Å²) in [5.41, 5.74) is 0.945. The molecule has 0 amide bonds. The number of anilines is 1. The standard InChI is InChI=1S/C15H23N3O/c1-11-9-17-8-4-5-13(17)10-18(11)15-14(12(2)19)6-3-7-16-15/h3,6-7,11-13,19H,4-5,8-10H2,1-2H3/t11?,12-,13?/m1/s1. The highest BCUT2D eigenvalue weighted by atomic mass is 16.3. The Balaban J connectivity index is 1.89. The average Bonchev–Trinajstić information content (AvgIpc) is 2.84. The fourth-order valence-electron chi connectivity index (χ4n) is 3.46. The monoisotopic (exact) mass is 261 g/mol. The van der Waals surface area contributed by atoms with Gasteiger partial charge in [-0.15, -0.1) is 0 Å². The number of aliphatic hydroxyl groups is 1. The van der Waals surface area contributed by atoms with Crippen molar-refractivity contribution in [1.82, 2.24) is 9.88 Å². The minimum absolute atomic E-state index is 0.460. The quantitative estimate of drug-likeness (QED) is 0.881. The smallest absolute Gasteiger partial charge is 0.134 e. The number of aliphatic hydroxyl groups excluding tert-OH is 1. The Morgan fingerprint density at radius 3 is 3.05 bits per heavy atom. The summed E-state index contributed by atoms with van der Waals surface area (Å²) in [6.07, 6.45) is 3.98. The molecule has 4 heteroatoms. The van der Waals surface area contributed by atoms with Crippen LogP contribution in [0.5, 0.6) is 0 Å². The van der Waals surface area contributed by atoms with E-state index in [4.69, 9.17) is 0 Å². The van der Waals surface area contributed by atoms with Crippen LogP contribution in [0.1, 0.15) is 38.4 Å². The van der Waals surface area contributed by atoms with Crippen LogP contribution in [0.4, 0.5) is 5.82 Å². The van der Waals surface area contributed by atoms with E-state index in [2.05, 4.69) is 21.7 Å². The van der Waals surface area contributed by atoms with E-state index >= 15 is 0 Å². The normalized spacial score (nSPS) is 29.3. The number of hydrogen-bond acceptors (Lipinski definition) is 4. The molecule has 2 aliphatic heterocycles. The Morgan fingerprint density at radius 2 is 2.26 bits per heavy atom. The average molecular weight is 261 g/mol. The SMILES string of the molecule is CC1CN2CCCC2CN1c1ncccc1[C@@H](C)O. The third-order valence-electron chi connectivity index (χ3n) is 4.48. The summed E-state index contributed by atoms with van der Waals surface area (Å²) in [5.74, 6) is 0.969. The van der Waals surface area contributed by atoms with E-state index in [1.165, 1.54) is 19.4 Å². The molecule has 2 aliphatic rings. The van der Waals surface area contributed by atoms with E-state index in [-0.39, 0.29) is 0 Å². The first-order valence-electron chi connectivity index (χ1n) is 7.30. The van der Waals surface area contributed by atoms with Gasteiger partial charge in [-0.25, -0.2) is 4.98 Å². The van der Waals surface area contributed by atoms with Crippen LogP contribution in [0.15, 0.2) is 18.3 Å². The highest BCUT2D eigenvalue weighted by Crippen LogP contribution is 2.31. The molecule has 3 heterocycles. The van der Waals surface area contributed by atoms with E-state index in [9.17, 15) is 5.11 Å². The van der Waals surface area contributed by atoms with Crippen molar-refractivity contribution in [3.63, 3.8) is 0 Å². The van der Waals surface area contributed by atoms with Gasteiger partial charge in [0.1, 0.15) is 5.82 Å². The zero-order valence-corrected chi connectivity index (χ0v) is 11.8. The van der Waals surface area contributed by atoms with Gasteiger partial charge in [-0.3, -0.25) is 4.90 Å². The van der Waals surface area contributed by atoms with Crippen molar-refractivity contribution in [1.29, 1.82) is 0 Å². The van der Waals surface area contributed by atoms with Crippen LogP contribution < -0.4 is 4.90 Å². The van der Waals surface area contributed by atoms with Gasteiger partial charge in [-0.05, 0) is 39.3 Å². The number of fused-ring (bicyclic) bond motifs is 1. The molecule has 0 spiro atoms. The van der Waals surface area contributed by atoms with Crippen LogP contribution >= 0.6 is 0 Å². The first-order valence-corrected chi connectivity index (χ1v) is 7.30. The number of rotatable bonds is 2. The maximum atomic E-state index is 9.93. The Kier molecular flexibility index (Phi) is 3.46. The molecule has 0 bridgehead atoms. The van der Waals surface area contributed by atoms with Crippen molar-refractivity contribution >= 4 is 5.82 Å². The van der Waals surface area contributed by atoms with Gasteiger partial charge in [-0.1, -0.05) is 6.07 Å². The predicted molar refractivity (Wildman–Crippen MR) is 76.3 cm³/mol. The highest BCUT2D eigenvalue weighted by molar-refractivity contribution is 5.49. The minimum atomic E-state index is -0.461. The lowest BCUT2D eigenvalue weighted by Crippen LogP contribution is -2.55. The lowest BCUT2D eigenvalue weighted by atomic mass is 10.1. The molecule has 0 aliphatic carbocycles. The highest BCUT2D eigenvalue weighted by Gasteiger charge is 2.35. The molecule has 1 aromatic heterocycles. The maximum absolute atomic E-state index is 9.93. The van der Waals surface area contributed by atoms with Gasteiger partial charge in [0, 0.05) is 36.9 Å². The zero-order chi connectivity index (χ0) is 13.4. The van der Waals surface area contributed by atoms with E-state index < -0.39 is 6.10 Å². The van der Waals surface area contributed by atoms with Gasteiger partial charge < -0.3 is 10.0 Å². The van der Waals surface area contributed by atoms with Gasteiger partial charge in [-0.2, -0.15) is 0 Å². The molecule has 3 atom stereocenters. The van der Waals surface area contributed by atoms with Crippen molar-refractivity contribution in [3.05, 3.63) is 23.9 Å². The van der Waals surface area contributed by atoms with E-state index in [1.54, 1.807) is 0 Å². The van der Waals surface area contributed by atoms with Crippen LogP contribution in [0.25, 0.3) is 0 Å². The Hall–Kier alpha value is -1.13. The third-order valence-corrected chi connectivity index (χ3v) is 4.48. The lowest BCUT2D eigenvalue weighted by Gasteiger charge is -2.43. The molecule has 2 unspecified atom stereocenters. The van der Waals surface area contributed by atoms with Crippen LogP contribution in [0.2, 0.25) is 0 Å². The lowest BCUT2D eigenvalue weighted by molar-refractivity contribution is 0.191. The van der Waals surface area contributed by atoms with Gasteiger partial charge in [0.25, 0.3) is 0 Å². The molecule has 1 aromatic rings. The van der Waals surface area contributed by atoms with E-state index in [0.717, 1.165) is 24.5 Å². The molecular formula is C15H23N3O. The molecule has 2 saturated heterocycles. The Morgan fingerprint density at radius 1 is 1.42 bits per heavy atom. The maximum Gasteiger partial charge on any atom is 0.134 e. The molecule has 1 N–H and O–H groups in total. The van der Waals surface area contributed by atoms with Crippen molar-refractivity contribution in [2.24, 2.45) is 0 Å². The van der Waals surface area contributed by atoms with Gasteiger partial charge in [0.05, 0.1) is 6.10 Å². The Labute approximate surface area is 115 Å². The molecule has 2 fully saturated rings. The van der Waals surface area contributed by atoms with Gasteiger partial charge in [0.2, 0.25) is 0 Å². The van der Waals surface area contributed by atoms with Crippen molar-refractivity contribution in [2.75, 3.05) is 24.5 Å². The second kappa shape index (κ2) is 5.10. The predicted octanol–water partition coefficient (Wildman–Crippen LogP) is 1.81. The fourth-order valence-corrected chi connectivity index (χ4v) is 3.46. The molecule has 4 nitrogen and oxygen atoms in total. The number of nitrogens with zero attached hydrogens (tertiary/aromatic N) is 3. The van der Waals surface area contributed by atoms with Crippen LogP contribution in [-0.4, -0.2) is 46.7 Å². The summed E-state index contributed by atoms with van der Waals surface area (Å²) in [4.78, 5) is 9.52. The molecule has 19 heavy (non-hydrogen) atoms. The Bertz CT molecular complexity index is 449. The van der Waals surface area contributed by atoms with Crippen molar-refractivity contribution in [2.45, 2.75) is 44.9 Å². The summed E-state index contributed by atoms with van der Waals surface area (Å²) in [5, 5.41) is 9.93. The molecule has 0 aromatic carbocycles. The van der Waals surface area contributed by atoms with Gasteiger partial charge >= 0.3 is 0 Å². The number of aromatic nitrogens is 1. The molecule has 3 rings (SSSR count). The first-order chi connectivity index (χ1) is 9.16. The topological polar surface area (TPSA) is 39.6 Å². The number of piperazine rings is 1. The van der Waals surface area contributed by atoms with Crippen LogP contribution in [0.3, 0.4) is 0 Å². The summed E-state index contributed by atoms with van der Waals surface area (Å²) < 4.78 is 0. The van der Waals surface area contributed by atoms with Crippen LogP contribution in [0, 0.1) is 0 Å². The molecule has 0 radical (unpaired) electrons. The molecular weight excluding hydrogens is 238 g/mol. The second-order valence-electron chi connectivity index (χ2n) is 5.88. The molecule has 104 valence electrons. The van der Waals surface area contributed by atoms with E-state index in [1.807, 2.05) is 25.3 Å². The van der Waals surface area contributed by atoms with E-state index in [0.29, 0.717) is 12.1 Å². The van der Waals surface area contributed by atoms with Gasteiger partial charge in [0.15, 0.2) is 0 Å². The summed E-state index contributed by atoms with van der Waals surface area (Å²) in [7, 11) is 0. The number of hydrogen-bond donors (Lipinski definition) is 1. The summed E-state index contributed by atoms with van der Waals surface area (Å²) in [6, 6.07) is 5.02. The fraction of sp³-hybridized carbons (Fsp3) is 0.667. The summed E-state index contributed by atoms with van der Waals surface area (Å²) in [6.45, 7) is 7.47. The van der Waals surface area contributed by atoms with Crippen LogP contribution in [-0.2, 0) is 0 Å². The van der Waals surface area contributed by atoms with Crippen molar-refractivity contribution < 1.29 is 5.11 Å². The minimum Gasteiger partial charge on any atom is -0.389 e. The van der Waals surface area contributed by atoms with Crippen molar-refractivity contribution in [3.8, 4) is 0 Å². The summed E-state index contributed by atoms with van der Waals surface area (Å²) >= 11 is 0. The zero-order valence-electron chi connectivity index (χ0n) is 11.8. The molecule has 0 saturated carbocycles. The largest absolute Gasteiger partial charge is 0.389 e. The first kappa shape index (κ1) is 12.9.